The lowest BCUT2D eigenvalue weighted by Gasteiger charge is -2.26. The number of hydrogen-bond acceptors (Lipinski definition) is 6. The van der Waals surface area contributed by atoms with Crippen LogP contribution in [0.1, 0.15) is 25.7 Å². The molecule has 0 radical (unpaired) electrons. The minimum absolute atomic E-state index is 0.124. The second-order valence-corrected chi connectivity index (χ2v) is 11.5. The van der Waals surface area contributed by atoms with E-state index in [1.165, 1.54) is 24.3 Å². The van der Waals surface area contributed by atoms with Gasteiger partial charge in [-0.2, -0.15) is 0 Å². The number of carbonyl (C=O) groups is 3. The summed E-state index contributed by atoms with van der Waals surface area (Å²) in [6, 6.07) is 5.62. The lowest BCUT2D eigenvalue weighted by Crippen LogP contribution is -2.36. The van der Waals surface area contributed by atoms with E-state index in [1.54, 1.807) is 0 Å². The zero-order chi connectivity index (χ0) is 21.4. The highest BCUT2D eigenvalue weighted by Gasteiger charge is 2.40. The van der Waals surface area contributed by atoms with E-state index in [9.17, 15) is 22.8 Å². The zero-order valence-electron chi connectivity index (χ0n) is 15.4. The van der Waals surface area contributed by atoms with Gasteiger partial charge in [0.25, 0.3) is 11.1 Å². The van der Waals surface area contributed by atoms with Crippen molar-refractivity contribution in [2.24, 2.45) is 0 Å². The summed E-state index contributed by atoms with van der Waals surface area (Å²) < 4.78 is 22.1. The third-order valence-corrected chi connectivity index (χ3v) is 7.57. The smallest absolute Gasteiger partial charge is 0.294 e. The number of nitrogens with one attached hydrogen (secondary N) is 1. The molecule has 1 N–H and O–H groups in total. The lowest BCUT2D eigenvalue weighted by molar-refractivity contribution is -0.127. The molecule has 2 aliphatic rings. The molecule has 1 aromatic rings. The van der Waals surface area contributed by atoms with Gasteiger partial charge in [0, 0.05) is 11.9 Å². The number of hydrogen-bond donors (Lipinski definition) is 1. The summed E-state index contributed by atoms with van der Waals surface area (Å²) >= 11 is 13.0. The van der Waals surface area contributed by atoms with Crippen LogP contribution in [0.4, 0.5) is 10.5 Å². The Labute approximate surface area is 182 Å². The number of thioether (sulfide) groups is 1. The van der Waals surface area contributed by atoms with Gasteiger partial charge in [-0.05, 0) is 61.7 Å². The average Bonchev–Trinajstić information content (AvgIpc) is 2.89. The quantitative estimate of drug-likeness (QED) is 0.524. The molecule has 11 heteroatoms. The maximum absolute atomic E-state index is 12.6. The summed E-state index contributed by atoms with van der Waals surface area (Å²) in [5.41, 5.74) is 1.20. The molecule has 1 aliphatic carbocycles. The van der Waals surface area contributed by atoms with Crippen molar-refractivity contribution in [2.75, 3.05) is 18.1 Å². The molecular formula is C18H18Cl2N2O5S2. The lowest BCUT2D eigenvalue weighted by atomic mass is 9.93. The maximum atomic E-state index is 12.6. The van der Waals surface area contributed by atoms with E-state index in [0.29, 0.717) is 36.3 Å². The molecule has 29 heavy (non-hydrogen) atoms. The molecule has 3 rings (SSSR count). The Morgan fingerprint density at radius 2 is 1.76 bits per heavy atom. The number of nitrogens with zero attached hydrogens (tertiary/aromatic N) is 1. The van der Waals surface area contributed by atoms with Crippen molar-refractivity contribution in [1.29, 1.82) is 0 Å². The fourth-order valence-electron chi connectivity index (χ4n) is 3.03. The van der Waals surface area contributed by atoms with Gasteiger partial charge >= 0.3 is 0 Å². The van der Waals surface area contributed by atoms with E-state index < -0.39 is 37.8 Å². The molecule has 0 aromatic heterocycles. The van der Waals surface area contributed by atoms with Gasteiger partial charge in [0.15, 0.2) is 9.84 Å². The van der Waals surface area contributed by atoms with E-state index in [2.05, 4.69) is 5.32 Å². The molecule has 1 saturated carbocycles. The SMILES string of the molecule is CS(=O)(=O)c1ccc(NC(=O)CN2C(=O)SC(=C3CCC(Cl)(Cl)CC3)C2=O)cc1. The Morgan fingerprint density at radius 3 is 2.31 bits per heavy atom. The number of rotatable bonds is 4. The van der Waals surface area contributed by atoms with Crippen LogP contribution in [-0.4, -0.2) is 47.5 Å². The summed E-state index contributed by atoms with van der Waals surface area (Å²) in [7, 11) is -3.34. The second-order valence-electron chi connectivity index (χ2n) is 6.89. The van der Waals surface area contributed by atoms with Gasteiger partial charge < -0.3 is 5.32 Å². The number of amides is 3. The van der Waals surface area contributed by atoms with Gasteiger partial charge in [-0.25, -0.2) is 8.42 Å². The van der Waals surface area contributed by atoms with E-state index in [0.717, 1.165) is 28.5 Å². The topological polar surface area (TPSA) is 101 Å². The van der Waals surface area contributed by atoms with Crippen LogP contribution >= 0.6 is 35.0 Å². The Hall–Kier alpha value is -1.55. The first-order chi connectivity index (χ1) is 13.5. The molecule has 1 heterocycles. The summed E-state index contributed by atoms with van der Waals surface area (Å²) in [6.45, 7) is -0.426. The van der Waals surface area contributed by atoms with Crippen molar-refractivity contribution < 1.29 is 22.8 Å². The van der Waals surface area contributed by atoms with Crippen LogP contribution in [0, 0.1) is 0 Å². The maximum Gasteiger partial charge on any atom is 0.294 e. The molecule has 2 fully saturated rings. The first kappa shape index (κ1) is 22.1. The van der Waals surface area contributed by atoms with Gasteiger partial charge in [0.05, 0.1) is 9.80 Å². The average molecular weight is 477 g/mol. The van der Waals surface area contributed by atoms with Crippen LogP contribution in [0.5, 0.6) is 0 Å². The number of alkyl halides is 2. The van der Waals surface area contributed by atoms with Crippen molar-refractivity contribution in [3.05, 3.63) is 34.7 Å². The first-order valence-corrected chi connectivity index (χ1v) is 12.2. The molecular weight excluding hydrogens is 459 g/mol. The molecule has 0 unspecified atom stereocenters. The van der Waals surface area contributed by atoms with Crippen LogP contribution in [0.25, 0.3) is 0 Å². The molecule has 156 valence electrons. The molecule has 7 nitrogen and oxygen atoms in total. The number of anilines is 1. The van der Waals surface area contributed by atoms with Crippen LogP contribution in [0.3, 0.4) is 0 Å². The Balaban J connectivity index is 1.65. The Kier molecular flexibility index (Phi) is 6.33. The largest absolute Gasteiger partial charge is 0.325 e. The monoisotopic (exact) mass is 476 g/mol. The van der Waals surface area contributed by atoms with Crippen LogP contribution < -0.4 is 5.32 Å². The standard InChI is InChI=1S/C18H18Cl2N2O5S2/c1-29(26,27)13-4-2-12(3-5-13)21-14(23)10-22-16(24)15(28-17(22)25)11-6-8-18(19,20)9-7-11/h2-5H,6-10H2,1H3,(H,21,23). The normalized spacial score (nSPS) is 19.6. The summed E-state index contributed by atoms with van der Waals surface area (Å²) in [6.07, 6.45) is 3.14. The van der Waals surface area contributed by atoms with Gasteiger partial charge in [-0.3, -0.25) is 19.3 Å². The molecule has 1 saturated heterocycles. The van der Waals surface area contributed by atoms with Crippen molar-refractivity contribution in [3.63, 3.8) is 0 Å². The summed E-state index contributed by atoms with van der Waals surface area (Å²) in [4.78, 5) is 38.5. The Morgan fingerprint density at radius 1 is 1.17 bits per heavy atom. The number of benzene rings is 1. The molecule has 0 atom stereocenters. The minimum atomic E-state index is -3.34. The fraction of sp³-hybridized carbons (Fsp3) is 0.389. The number of carbonyl (C=O) groups excluding carboxylic acids is 3. The molecule has 1 aliphatic heterocycles. The first-order valence-electron chi connectivity index (χ1n) is 8.70. The highest BCUT2D eigenvalue weighted by Crippen LogP contribution is 2.44. The van der Waals surface area contributed by atoms with E-state index >= 15 is 0 Å². The minimum Gasteiger partial charge on any atom is -0.325 e. The zero-order valence-corrected chi connectivity index (χ0v) is 18.6. The van der Waals surface area contributed by atoms with E-state index in [4.69, 9.17) is 23.2 Å². The van der Waals surface area contributed by atoms with Crippen molar-refractivity contribution in [3.8, 4) is 0 Å². The predicted molar refractivity (Wildman–Crippen MR) is 113 cm³/mol. The summed E-state index contributed by atoms with van der Waals surface area (Å²) in [5, 5.41) is 2.05. The van der Waals surface area contributed by atoms with Crippen LogP contribution in [0.2, 0.25) is 0 Å². The predicted octanol–water partition coefficient (Wildman–Crippen LogP) is 3.73. The third kappa shape index (κ3) is 5.33. The van der Waals surface area contributed by atoms with E-state index in [-0.39, 0.29) is 4.90 Å². The highest BCUT2D eigenvalue weighted by atomic mass is 35.5. The Bertz CT molecular complexity index is 992. The van der Waals surface area contributed by atoms with Gasteiger partial charge in [0.2, 0.25) is 5.91 Å². The van der Waals surface area contributed by atoms with Crippen LogP contribution in [0.15, 0.2) is 39.6 Å². The highest BCUT2D eigenvalue weighted by molar-refractivity contribution is 8.18. The molecule has 0 spiro atoms. The van der Waals surface area contributed by atoms with Gasteiger partial charge in [0.1, 0.15) is 10.9 Å². The second kappa shape index (κ2) is 8.29. The van der Waals surface area contributed by atoms with Gasteiger partial charge in [-0.15, -0.1) is 23.2 Å². The molecule has 1 aromatic carbocycles. The van der Waals surface area contributed by atoms with Gasteiger partial charge in [-0.1, -0.05) is 5.57 Å². The molecule has 0 bridgehead atoms. The van der Waals surface area contributed by atoms with Crippen molar-refractivity contribution in [2.45, 2.75) is 34.9 Å². The number of imide groups is 1. The van der Waals surface area contributed by atoms with E-state index in [1.807, 2.05) is 0 Å². The van der Waals surface area contributed by atoms with Crippen molar-refractivity contribution in [1.82, 2.24) is 4.90 Å². The fourth-order valence-corrected chi connectivity index (χ4v) is 5.01. The number of halogens is 2. The third-order valence-electron chi connectivity index (χ3n) is 4.62. The summed E-state index contributed by atoms with van der Waals surface area (Å²) in [5.74, 6) is -1.05. The number of sulfone groups is 1. The molecule has 3 amide bonds. The number of allylic oxidation sites excluding steroid dienone is 1. The van der Waals surface area contributed by atoms with Crippen LogP contribution in [-0.2, 0) is 19.4 Å². The van der Waals surface area contributed by atoms with Crippen molar-refractivity contribution >= 4 is 67.5 Å².